The van der Waals surface area contributed by atoms with Crippen LogP contribution in [0.5, 0.6) is 0 Å². The first-order valence-electron chi connectivity index (χ1n) is 7.20. The van der Waals surface area contributed by atoms with Gasteiger partial charge in [0.15, 0.2) is 5.96 Å². The molecule has 0 bridgehead atoms. The van der Waals surface area contributed by atoms with Gasteiger partial charge in [-0.1, -0.05) is 23.7 Å². The van der Waals surface area contributed by atoms with E-state index in [-0.39, 0.29) is 0 Å². The number of benzene rings is 1. The minimum absolute atomic E-state index is 0.509. The summed E-state index contributed by atoms with van der Waals surface area (Å²) in [6.45, 7) is 5.13. The van der Waals surface area contributed by atoms with Crippen molar-refractivity contribution < 1.29 is 4.42 Å². The van der Waals surface area contributed by atoms with Gasteiger partial charge in [-0.15, -0.1) is 0 Å². The maximum Gasteiger partial charge on any atom is 0.214 e. The van der Waals surface area contributed by atoms with Crippen molar-refractivity contribution in [3.8, 4) is 0 Å². The molecule has 2 N–H and O–H groups in total. The maximum atomic E-state index is 5.87. The Bertz CT molecular complexity index is 615. The third-order valence-corrected chi connectivity index (χ3v) is 3.57. The molecule has 2 aromatic rings. The Morgan fingerprint density at radius 3 is 2.55 bits per heavy atom. The van der Waals surface area contributed by atoms with Gasteiger partial charge in [0.25, 0.3) is 0 Å². The topological polar surface area (TPSA) is 62.5 Å². The van der Waals surface area contributed by atoms with Gasteiger partial charge in [0.05, 0.1) is 12.2 Å². The van der Waals surface area contributed by atoms with Gasteiger partial charge < -0.3 is 15.1 Å². The van der Waals surface area contributed by atoms with Crippen LogP contribution >= 0.6 is 11.6 Å². The van der Waals surface area contributed by atoms with Gasteiger partial charge in [-0.25, -0.2) is 4.98 Å². The number of rotatable bonds is 5. The number of aliphatic imine (C=N–C) groups is 1. The van der Waals surface area contributed by atoms with Crippen molar-refractivity contribution in [3.05, 3.63) is 52.2 Å². The molecular weight excluding hydrogens is 300 g/mol. The fourth-order valence-electron chi connectivity index (χ4n) is 1.97. The van der Waals surface area contributed by atoms with Crippen LogP contribution in [0.2, 0.25) is 5.02 Å². The molecule has 0 saturated heterocycles. The van der Waals surface area contributed by atoms with Crippen LogP contribution in [-0.4, -0.2) is 24.5 Å². The summed E-state index contributed by atoms with van der Waals surface area (Å²) in [6, 6.07) is 7.85. The number of guanidine groups is 1. The molecule has 0 aliphatic heterocycles. The molecule has 0 atom stereocenters. The summed E-state index contributed by atoms with van der Waals surface area (Å²) in [5.74, 6) is 2.24. The minimum Gasteiger partial charge on any atom is -0.444 e. The molecular formula is C16H21ClN4O. The Kier molecular flexibility index (Phi) is 5.83. The number of nitrogens with one attached hydrogen (secondary N) is 2. The molecule has 2 rings (SSSR count). The SMILES string of the molecule is CN=C(NCCc1ccc(Cl)cc1)NCc1nc(C)c(C)o1. The Morgan fingerprint density at radius 1 is 1.23 bits per heavy atom. The van der Waals surface area contributed by atoms with Crippen LogP contribution in [0.4, 0.5) is 0 Å². The molecule has 1 aromatic heterocycles. The van der Waals surface area contributed by atoms with E-state index >= 15 is 0 Å². The van der Waals surface area contributed by atoms with Gasteiger partial charge in [-0.3, -0.25) is 4.99 Å². The van der Waals surface area contributed by atoms with Crippen molar-refractivity contribution in [1.82, 2.24) is 15.6 Å². The van der Waals surface area contributed by atoms with Crippen molar-refractivity contribution in [2.45, 2.75) is 26.8 Å². The molecule has 0 aliphatic carbocycles. The lowest BCUT2D eigenvalue weighted by atomic mass is 10.1. The Hall–Kier alpha value is -2.01. The average molecular weight is 321 g/mol. The van der Waals surface area contributed by atoms with Gasteiger partial charge in [-0.2, -0.15) is 0 Å². The van der Waals surface area contributed by atoms with Crippen LogP contribution in [0.15, 0.2) is 33.7 Å². The Balaban J connectivity index is 1.76. The smallest absolute Gasteiger partial charge is 0.214 e. The highest BCUT2D eigenvalue weighted by atomic mass is 35.5. The predicted molar refractivity (Wildman–Crippen MR) is 89.3 cm³/mol. The molecule has 0 spiro atoms. The maximum absolute atomic E-state index is 5.87. The van der Waals surface area contributed by atoms with Crippen molar-refractivity contribution in [1.29, 1.82) is 0 Å². The van der Waals surface area contributed by atoms with Crippen LogP contribution < -0.4 is 10.6 Å². The van der Waals surface area contributed by atoms with Crippen molar-refractivity contribution in [2.24, 2.45) is 4.99 Å². The van der Waals surface area contributed by atoms with Crippen LogP contribution in [0, 0.1) is 13.8 Å². The lowest BCUT2D eigenvalue weighted by Gasteiger charge is -2.10. The molecule has 0 unspecified atom stereocenters. The first-order chi connectivity index (χ1) is 10.6. The molecule has 1 heterocycles. The molecule has 0 amide bonds. The predicted octanol–water partition coefficient (Wildman–Crippen LogP) is 2.85. The summed E-state index contributed by atoms with van der Waals surface area (Å²) in [6.07, 6.45) is 0.898. The van der Waals surface area contributed by atoms with Crippen LogP contribution in [0.1, 0.15) is 22.9 Å². The molecule has 5 nitrogen and oxygen atoms in total. The highest BCUT2D eigenvalue weighted by Gasteiger charge is 2.06. The third-order valence-electron chi connectivity index (χ3n) is 3.32. The van der Waals surface area contributed by atoms with Crippen molar-refractivity contribution in [2.75, 3.05) is 13.6 Å². The minimum atomic E-state index is 0.509. The summed E-state index contributed by atoms with van der Waals surface area (Å²) < 4.78 is 5.53. The highest BCUT2D eigenvalue weighted by molar-refractivity contribution is 6.30. The van der Waals surface area contributed by atoms with E-state index in [0.717, 1.165) is 35.4 Å². The Morgan fingerprint density at radius 2 is 1.95 bits per heavy atom. The normalized spacial score (nSPS) is 11.5. The molecule has 22 heavy (non-hydrogen) atoms. The van der Waals surface area contributed by atoms with Gasteiger partial charge in [0.1, 0.15) is 5.76 Å². The molecule has 118 valence electrons. The third kappa shape index (κ3) is 4.77. The van der Waals surface area contributed by atoms with Crippen LogP contribution in [0.3, 0.4) is 0 Å². The van der Waals surface area contributed by atoms with Gasteiger partial charge in [0, 0.05) is 18.6 Å². The fraction of sp³-hybridized carbons (Fsp3) is 0.375. The molecule has 6 heteroatoms. The van der Waals surface area contributed by atoms with E-state index < -0.39 is 0 Å². The molecule has 0 aliphatic rings. The van der Waals surface area contributed by atoms with E-state index in [1.165, 1.54) is 5.56 Å². The number of hydrogen-bond donors (Lipinski definition) is 2. The zero-order valence-corrected chi connectivity index (χ0v) is 13.9. The second-order valence-electron chi connectivity index (χ2n) is 4.98. The summed E-state index contributed by atoms with van der Waals surface area (Å²) in [4.78, 5) is 8.51. The van der Waals surface area contributed by atoms with Crippen LogP contribution in [0.25, 0.3) is 0 Å². The van der Waals surface area contributed by atoms with Gasteiger partial charge >= 0.3 is 0 Å². The van der Waals surface area contributed by atoms with Crippen molar-refractivity contribution in [3.63, 3.8) is 0 Å². The first kappa shape index (κ1) is 16.4. The standard InChI is InChI=1S/C16H21ClN4O/c1-11-12(2)22-15(21-11)10-20-16(18-3)19-9-8-13-4-6-14(17)7-5-13/h4-7H,8-10H2,1-3H3,(H2,18,19,20). The quantitative estimate of drug-likeness (QED) is 0.657. The number of aryl methyl sites for hydroxylation is 2. The van der Waals surface area contributed by atoms with Gasteiger partial charge in [-0.05, 0) is 38.0 Å². The molecule has 0 radical (unpaired) electrons. The Labute approximate surface area is 135 Å². The average Bonchev–Trinajstić information content (AvgIpc) is 2.83. The summed E-state index contributed by atoms with van der Waals surface area (Å²) >= 11 is 5.87. The number of halogens is 1. The molecule has 1 aromatic carbocycles. The van der Waals surface area contributed by atoms with Crippen LogP contribution in [-0.2, 0) is 13.0 Å². The number of oxazole rings is 1. The molecule has 0 saturated carbocycles. The lowest BCUT2D eigenvalue weighted by Crippen LogP contribution is -2.37. The highest BCUT2D eigenvalue weighted by Crippen LogP contribution is 2.09. The number of nitrogens with zero attached hydrogens (tertiary/aromatic N) is 2. The second-order valence-corrected chi connectivity index (χ2v) is 5.41. The summed E-state index contributed by atoms with van der Waals surface area (Å²) in [7, 11) is 1.74. The van der Waals surface area contributed by atoms with Gasteiger partial charge in [0.2, 0.25) is 5.89 Å². The zero-order valence-electron chi connectivity index (χ0n) is 13.1. The number of aromatic nitrogens is 1. The van der Waals surface area contributed by atoms with E-state index in [0.29, 0.717) is 12.4 Å². The molecule has 0 fully saturated rings. The van der Waals surface area contributed by atoms with E-state index in [1.807, 2.05) is 38.1 Å². The summed E-state index contributed by atoms with van der Waals surface area (Å²) in [5.41, 5.74) is 2.15. The van der Waals surface area contributed by atoms with E-state index in [2.05, 4.69) is 20.6 Å². The van der Waals surface area contributed by atoms with E-state index in [9.17, 15) is 0 Å². The largest absolute Gasteiger partial charge is 0.444 e. The van der Waals surface area contributed by atoms with E-state index in [1.54, 1.807) is 7.05 Å². The summed E-state index contributed by atoms with van der Waals surface area (Å²) in [5, 5.41) is 7.20. The second kappa shape index (κ2) is 7.84. The fourth-order valence-corrected chi connectivity index (χ4v) is 2.10. The van der Waals surface area contributed by atoms with E-state index in [4.69, 9.17) is 16.0 Å². The van der Waals surface area contributed by atoms with Crippen molar-refractivity contribution >= 4 is 17.6 Å². The number of hydrogen-bond acceptors (Lipinski definition) is 3. The first-order valence-corrected chi connectivity index (χ1v) is 7.58. The zero-order chi connectivity index (χ0) is 15.9. The monoisotopic (exact) mass is 320 g/mol. The lowest BCUT2D eigenvalue weighted by molar-refractivity contribution is 0.464.